The number of carboxylic acids is 1. The normalized spacial score (nSPS) is 10.3. The van der Waals surface area contributed by atoms with Crippen molar-refractivity contribution < 1.29 is 27.8 Å². The van der Waals surface area contributed by atoms with E-state index in [9.17, 15) is 18.0 Å². The molecule has 104 valence electrons. The third-order valence-corrected chi connectivity index (χ3v) is 2.61. The molecule has 0 spiro atoms. The minimum absolute atomic E-state index is 0.289. The van der Waals surface area contributed by atoms with Gasteiger partial charge in [0.15, 0.2) is 0 Å². The smallest absolute Gasteiger partial charge is 0.339 e. The molecule has 0 saturated carbocycles. The average Bonchev–Trinajstić information content (AvgIpc) is 2.37. The van der Waals surface area contributed by atoms with E-state index in [0.717, 1.165) is 30.3 Å². The number of halogens is 3. The van der Waals surface area contributed by atoms with Gasteiger partial charge in [0, 0.05) is 6.07 Å². The molecule has 6 heteroatoms. The first kappa shape index (κ1) is 13.9. The van der Waals surface area contributed by atoms with Crippen molar-refractivity contribution in [2.24, 2.45) is 0 Å². The molecule has 0 aliphatic carbocycles. The SMILES string of the molecule is O=C(O)c1ccc(F)cc1OCc1c(F)cccc1F. The highest BCUT2D eigenvalue weighted by Crippen LogP contribution is 2.22. The Bertz CT molecular complexity index is 636. The molecule has 0 fully saturated rings. The van der Waals surface area contributed by atoms with E-state index in [-0.39, 0.29) is 16.9 Å². The quantitative estimate of drug-likeness (QED) is 0.935. The van der Waals surface area contributed by atoms with Gasteiger partial charge in [-0.25, -0.2) is 18.0 Å². The molecular formula is C14H9F3O3. The van der Waals surface area contributed by atoms with Gasteiger partial charge in [-0.1, -0.05) is 6.07 Å². The van der Waals surface area contributed by atoms with Crippen molar-refractivity contribution >= 4 is 5.97 Å². The Morgan fingerprint density at radius 1 is 1.10 bits per heavy atom. The van der Waals surface area contributed by atoms with Crippen molar-refractivity contribution in [1.82, 2.24) is 0 Å². The molecule has 0 amide bonds. The lowest BCUT2D eigenvalue weighted by molar-refractivity contribution is 0.0691. The van der Waals surface area contributed by atoms with E-state index in [1.54, 1.807) is 0 Å². The Kier molecular flexibility index (Phi) is 3.93. The molecular weight excluding hydrogens is 273 g/mol. The van der Waals surface area contributed by atoms with Crippen LogP contribution >= 0.6 is 0 Å². The Hall–Kier alpha value is -2.50. The number of hydrogen-bond acceptors (Lipinski definition) is 2. The van der Waals surface area contributed by atoms with Gasteiger partial charge in [0.2, 0.25) is 0 Å². The molecule has 3 nitrogen and oxygen atoms in total. The monoisotopic (exact) mass is 282 g/mol. The third kappa shape index (κ3) is 2.90. The lowest BCUT2D eigenvalue weighted by atomic mass is 10.2. The highest BCUT2D eigenvalue weighted by Gasteiger charge is 2.14. The van der Waals surface area contributed by atoms with Crippen LogP contribution < -0.4 is 4.74 Å². The maximum absolute atomic E-state index is 13.4. The van der Waals surface area contributed by atoms with E-state index in [4.69, 9.17) is 9.84 Å². The molecule has 0 radical (unpaired) electrons. The van der Waals surface area contributed by atoms with Gasteiger partial charge in [0.1, 0.15) is 35.4 Å². The number of hydrogen-bond donors (Lipinski definition) is 1. The summed E-state index contributed by atoms with van der Waals surface area (Å²) in [4.78, 5) is 10.9. The summed E-state index contributed by atoms with van der Waals surface area (Å²) in [6, 6.07) is 6.11. The van der Waals surface area contributed by atoms with Crippen molar-refractivity contribution in [3.8, 4) is 5.75 Å². The minimum Gasteiger partial charge on any atom is -0.488 e. The first-order chi connectivity index (χ1) is 9.49. The van der Waals surface area contributed by atoms with E-state index in [1.807, 2.05) is 0 Å². The molecule has 0 saturated heterocycles. The Labute approximate surface area is 112 Å². The summed E-state index contributed by atoms with van der Waals surface area (Å²) in [5.74, 6) is -3.97. The summed E-state index contributed by atoms with van der Waals surface area (Å²) in [5.41, 5.74) is -0.642. The number of ether oxygens (including phenoxy) is 1. The topological polar surface area (TPSA) is 46.5 Å². The second kappa shape index (κ2) is 5.64. The summed E-state index contributed by atoms with van der Waals surface area (Å²) >= 11 is 0. The van der Waals surface area contributed by atoms with Gasteiger partial charge in [0.25, 0.3) is 0 Å². The fraction of sp³-hybridized carbons (Fsp3) is 0.0714. The highest BCUT2D eigenvalue weighted by molar-refractivity contribution is 5.90. The molecule has 2 aromatic carbocycles. The Morgan fingerprint density at radius 3 is 2.35 bits per heavy atom. The molecule has 0 aliphatic rings. The summed E-state index contributed by atoms with van der Waals surface area (Å²) in [5, 5.41) is 8.91. The van der Waals surface area contributed by atoms with E-state index >= 15 is 0 Å². The van der Waals surface area contributed by atoms with Crippen LogP contribution in [-0.2, 0) is 6.61 Å². The van der Waals surface area contributed by atoms with Crippen LogP contribution in [0.25, 0.3) is 0 Å². The van der Waals surface area contributed by atoms with Crippen LogP contribution in [-0.4, -0.2) is 11.1 Å². The molecule has 0 heterocycles. The Morgan fingerprint density at radius 2 is 1.75 bits per heavy atom. The molecule has 2 rings (SSSR count). The zero-order valence-corrected chi connectivity index (χ0v) is 10.1. The van der Waals surface area contributed by atoms with Crippen LogP contribution in [0.3, 0.4) is 0 Å². The van der Waals surface area contributed by atoms with Gasteiger partial charge in [-0.3, -0.25) is 0 Å². The third-order valence-electron chi connectivity index (χ3n) is 2.61. The summed E-state index contributed by atoms with van der Waals surface area (Å²) < 4.78 is 44.9. The standard InChI is InChI=1S/C14H9F3O3/c15-8-4-5-9(14(18)19)13(6-8)20-7-10-11(16)2-1-3-12(10)17/h1-6H,7H2,(H,18,19). The maximum atomic E-state index is 13.4. The van der Waals surface area contributed by atoms with Crippen molar-refractivity contribution in [3.05, 3.63) is 65.0 Å². The second-order valence-corrected chi connectivity index (χ2v) is 3.93. The van der Waals surface area contributed by atoms with Crippen LogP contribution in [0, 0.1) is 17.5 Å². The molecule has 2 aromatic rings. The minimum atomic E-state index is -1.32. The van der Waals surface area contributed by atoms with E-state index in [2.05, 4.69) is 0 Å². The highest BCUT2D eigenvalue weighted by atomic mass is 19.1. The number of aromatic carboxylic acids is 1. The molecule has 20 heavy (non-hydrogen) atoms. The largest absolute Gasteiger partial charge is 0.488 e. The average molecular weight is 282 g/mol. The summed E-state index contributed by atoms with van der Waals surface area (Å²) in [7, 11) is 0. The summed E-state index contributed by atoms with van der Waals surface area (Å²) in [6.07, 6.45) is 0. The van der Waals surface area contributed by atoms with E-state index in [1.165, 1.54) is 6.07 Å². The number of carbonyl (C=O) groups is 1. The molecule has 1 N–H and O–H groups in total. The summed E-state index contributed by atoms with van der Waals surface area (Å²) in [6.45, 7) is -0.539. The van der Waals surface area contributed by atoms with Crippen LogP contribution in [0.5, 0.6) is 5.75 Å². The lowest BCUT2D eigenvalue weighted by Gasteiger charge is -2.10. The van der Waals surface area contributed by atoms with Gasteiger partial charge in [-0.05, 0) is 24.3 Å². The van der Waals surface area contributed by atoms with E-state index in [0.29, 0.717) is 0 Å². The molecule has 0 unspecified atom stereocenters. The molecule has 0 aliphatic heterocycles. The first-order valence-electron chi connectivity index (χ1n) is 5.57. The lowest BCUT2D eigenvalue weighted by Crippen LogP contribution is -2.06. The van der Waals surface area contributed by atoms with Crippen LogP contribution in [0.15, 0.2) is 36.4 Å². The van der Waals surface area contributed by atoms with Gasteiger partial charge in [-0.2, -0.15) is 0 Å². The van der Waals surface area contributed by atoms with Gasteiger partial charge < -0.3 is 9.84 Å². The zero-order valence-electron chi connectivity index (χ0n) is 10.1. The maximum Gasteiger partial charge on any atom is 0.339 e. The number of carboxylic acid groups (broad SMARTS) is 1. The zero-order chi connectivity index (χ0) is 14.7. The van der Waals surface area contributed by atoms with Crippen molar-refractivity contribution in [2.75, 3.05) is 0 Å². The van der Waals surface area contributed by atoms with Gasteiger partial charge >= 0.3 is 5.97 Å². The van der Waals surface area contributed by atoms with Crippen molar-refractivity contribution in [3.63, 3.8) is 0 Å². The van der Waals surface area contributed by atoms with Crippen molar-refractivity contribution in [2.45, 2.75) is 6.61 Å². The predicted octanol–water partition coefficient (Wildman–Crippen LogP) is 3.38. The molecule has 0 bridgehead atoms. The Balaban J connectivity index is 2.27. The van der Waals surface area contributed by atoms with Crippen LogP contribution in [0.4, 0.5) is 13.2 Å². The van der Waals surface area contributed by atoms with Gasteiger partial charge in [0.05, 0.1) is 5.56 Å². The second-order valence-electron chi connectivity index (χ2n) is 3.93. The fourth-order valence-electron chi connectivity index (χ4n) is 1.61. The van der Waals surface area contributed by atoms with Crippen molar-refractivity contribution in [1.29, 1.82) is 0 Å². The molecule has 0 atom stereocenters. The number of benzene rings is 2. The molecule has 0 aromatic heterocycles. The number of rotatable bonds is 4. The van der Waals surface area contributed by atoms with Gasteiger partial charge in [-0.15, -0.1) is 0 Å². The predicted molar refractivity (Wildman–Crippen MR) is 64.0 cm³/mol. The van der Waals surface area contributed by atoms with Crippen LogP contribution in [0.2, 0.25) is 0 Å². The first-order valence-corrected chi connectivity index (χ1v) is 5.57. The van der Waals surface area contributed by atoms with E-state index < -0.39 is 30.0 Å². The van der Waals surface area contributed by atoms with Crippen LogP contribution in [0.1, 0.15) is 15.9 Å². The fourth-order valence-corrected chi connectivity index (χ4v) is 1.61.